The smallest absolute Gasteiger partial charge is 0.347 e. The first kappa shape index (κ1) is 17.5. The molecule has 6 nitrogen and oxygen atoms in total. The molecule has 1 N–H and O–H groups in total. The summed E-state index contributed by atoms with van der Waals surface area (Å²) >= 11 is 1.39. The van der Waals surface area contributed by atoms with Crippen LogP contribution in [0.1, 0.15) is 23.4 Å². The molecule has 0 aliphatic heterocycles. The first-order valence-electron chi connectivity index (χ1n) is 6.81. The Hall–Kier alpha value is -1.84. The van der Waals surface area contributed by atoms with Gasteiger partial charge in [0.25, 0.3) is 5.78 Å². The van der Waals surface area contributed by atoms with Gasteiger partial charge in [-0.15, -0.1) is 5.10 Å². The molecule has 0 aliphatic rings. The summed E-state index contributed by atoms with van der Waals surface area (Å²) in [5.41, 5.74) is 2.26. The highest BCUT2D eigenvalue weighted by atomic mass is 32.2. The van der Waals surface area contributed by atoms with E-state index in [1.165, 1.54) is 11.8 Å². The van der Waals surface area contributed by atoms with Crippen molar-refractivity contribution in [3.63, 3.8) is 0 Å². The van der Waals surface area contributed by atoms with Gasteiger partial charge in [-0.3, -0.25) is 4.79 Å². The summed E-state index contributed by atoms with van der Waals surface area (Å²) in [6.07, 6.45) is -2.31. The number of hydrogen-bond acceptors (Lipinski definition) is 5. The number of hydrogen-bond donors (Lipinski definition) is 1. The number of alkyl halides is 3. The number of fused-ring (bicyclic) bond motifs is 1. The molecule has 2 aromatic heterocycles. The van der Waals surface area contributed by atoms with Crippen LogP contribution in [-0.2, 0) is 11.2 Å². The average Bonchev–Trinajstić information content (AvgIpc) is 2.87. The molecule has 0 aromatic carbocycles. The van der Waals surface area contributed by atoms with Crippen LogP contribution in [-0.4, -0.2) is 44.5 Å². The van der Waals surface area contributed by atoms with Gasteiger partial charge in [0, 0.05) is 17.8 Å². The van der Waals surface area contributed by atoms with Crippen LogP contribution < -0.4 is 5.32 Å². The van der Waals surface area contributed by atoms with E-state index in [4.69, 9.17) is 0 Å². The van der Waals surface area contributed by atoms with Crippen molar-refractivity contribution in [1.82, 2.24) is 24.9 Å². The summed E-state index contributed by atoms with van der Waals surface area (Å²) in [6, 6.07) is 0. The number of aromatic nitrogens is 4. The van der Waals surface area contributed by atoms with Crippen LogP contribution in [0.4, 0.5) is 13.2 Å². The zero-order chi connectivity index (χ0) is 17.2. The predicted molar refractivity (Wildman–Crippen MR) is 79.4 cm³/mol. The molecule has 0 radical (unpaired) electrons. The summed E-state index contributed by atoms with van der Waals surface area (Å²) in [7, 11) is 0. The molecule has 0 fully saturated rings. The summed E-state index contributed by atoms with van der Waals surface area (Å²) in [6.45, 7) is 2.29. The molecule has 0 atom stereocenters. The summed E-state index contributed by atoms with van der Waals surface area (Å²) < 4.78 is 37.8. The van der Waals surface area contributed by atoms with E-state index < -0.39 is 18.6 Å². The Morgan fingerprint density at radius 1 is 1.30 bits per heavy atom. The van der Waals surface area contributed by atoms with E-state index >= 15 is 0 Å². The predicted octanol–water partition coefficient (Wildman–Crippen LogP) is 2.07. The fraction of sp³-hybridized carbons (Fsp3) is 0.538. The molecule has 23 heavy (non-hydrogen) atoms. The number of halogens is 3. The number of carbonyl (C=O) groups is 1. The minimum Gasteiger partial charge on any atom is -0.347 e. The van der Waals surface area contributed by atoms with Crippen molar-refractivity contribution in [2.24, 2.45) is 0 Å². The standard InChI is InChI=1S/C13H16F3N5OS/c1-7-9(4-5-10(22)17-6-13(14,15)16)8(2)21-11(18-7)19-12(20-21)23-3/h4-6H2,1-3H3,(H,17,22). The van der Waals surface area contributed by atoms with Gasteiger partial charge in [-0.1, -0.05) is 11.8 Å². The Kier molecular flexibility index (Phi) is 5.12. The highest BCUT2D eigenvalue weighted by molar-refractivity contribution is 7.98. The minimum absolute atomic E-state index is 0.0466. The van der Waals surface area contributed by atoms with E-state index in [9.17, 15) is 18.0 Å². The second-order valence-corrected chi connectivity index (χ2v) is 5.74. The van der Waals surface area contributed by atoms with Gasteiger partial charge in [-0.25, -0.2) is 9.50 Å². The molecular weight excluding hydrogens is 331 g/mol. The van der Waals surface area contributed by atoms with Crippen molar-refractivity contribution in [3.8, 4) is 0 Å². The average molecular weight is 347 g/mol. The lowest BCUT2D eigenvalue weighted by molar-refractivity contribution is -0.138. The number of thioether (sulfide) groups is 1. The third kappa shape index (κ3) is 4.34. The number of aryl methyl sites for hydroxylation is 2. The fourth-order valence-corrected chi connectivity index (χ4v) is 2.50. The second kappa shape index (κ2) is 6.73. The summed E-state index contributed by atoms with van der Waals surface area (Å²) in [5.74, 6) is -0.181. The molecule has 2 heterocycles. The first-order chi connectivity index (χ1) is 10.7. The number of amides is 1. The van der Waals surface area contributed by atoms with Crippen molar-refractivity contribution >= 4 is 23.4 Å². The molecule has 0 bridgehead atoms. The third-order valence-electron chi connectivity index (χ3n) is 3.30. The molecule has 2 rings (SSSR count). The Morgan fingerprint density at radius 2 is 2.00 bits per heavy atom. The van der Waals surface area contributed by atoms with Gasteiger partial charge < -0.3 is 5.32 Å². The molecule has 2 aromatic rings. The highest BCUT2D eigenvalue weighted by Crippen LogP contribution is 2.18. The van der Waals surface area contributed by atoms with Gasteiger partial charge in [0.2, 0.25) is 11.1 Å². The van der Waals surface area contributed by atoms with E-state index in [1.54, 1.807) is 11.4 Å². The number of nitrogens with one attached hydrogen (secondary N) is 1. The van der Waals surface area contributed by atoms with Gasteiger partial charge in [0.1, 0.15) is 6.54 Å². The molecule has 0 unspecified atom stereocenters. The van der Waals surface area contributed by atoms with Crippen LogP contribution in [0.3, 0.4) is 0 Å². The van der Waals surface area contributed by atoms with Crippen molar-refractivity contribution < 1.29 is 18.0 Å². The lowest BCUT2D eigenvalue weighted by Gasteiger charge is -2.11. The largest absolute Gasteiger partial charge is 0.405 e. The van der Waals surface area contributed by atoms with Crippen molar-refractivity contribution in [3.05, 3.63) is 17.0 Å². The summed E-state index contributed by atoms with van der Waals surface area (Å²) in [5, 5.41) is 6.73. The summed E-state index contributed by atoms with van der Waals surface area (Å²) in [4.78, 5) is 20.1. The maximum absolute atomic E-state index is 12.1. The van der Waals surface area contributed by atoms with E-state index in [0.29, 0.717) is 23.0 Å². The van der Waals surface area contributed by atoms with Gasteiger partial charge in [-0.05, 0) is 32.1 Å². The Bertz CT molecular complexity index is 728. The number of carbonyl (C=O) groups excluding carboxylic acids is 1. The highest BCUT2D eigenvalue weighted by Gasteiger charge is 2.27. The Labute approximate surface area is 134 Å². The molecule has 126 valence electrons. The monoisotopic (exact) mass is 347 g/mol. The van der Waals surface area contributed by atoms with Gasteiger partial charge >= 0.3 is 6.18 Å². The zero-order valence-electron chi connectivity index (χ0n) is 12.9. The van der Waals surface area contributed by atoms with Crippen LogP contribution in [0.2, 0.25) is 0 Å². The Balaban J connectivity index is 2.12. The fourth-order valence-electron chi connectivity index (χ4n) is 2.16. The van der Waals surface area contributed by atoms with Crippen LogP contribution in [0, 0.1) is 13.8 Å². The van der Waals surface area contributed by atoms with Crippen LogP contribution in [0.25, 0.3) is 5.78 Å². The molecule has 0 saturated heterocycles. The van der Waals surface area contributed by atoms with Crippen molar-refractivity contribution in [2.45, 2.75) is 38.0 Å². The minimum atomic E-state index is -4.41. The SMILES string of the molecule is CSc1nc2nc(C)c(CCC(=O)NCC(F)(F)F)c(C)n2n1. The number of nitrogens with zero attached hydrogens (tertiary/aromatic N) is 4. The zero-order valence-corrected chi connectivity index (χ0v) is 13.7. The van der Waals surface area contributed by atoms with E-state index in [-0.39, 0.29) is 6.42 Å². The van der Waals surface area contributed by atoms with Gasteiger partial charge in [0.05, 0.1) is 0 Å². The van der Waals surface area contributed by atoms with Gasteiger partial charge in [-0.2, -0.15) is 18.2 Å². The molecular formula is C13H16F3N5OS. The molecule has 0 aliphatic carbocycles. The number of rotatable bonds is 5. The topological polar surface area (TPSA) is 72.2 Å². The third-order valence-corrected chi connectivity index (χ3v) is 3.84. The van der Waals surface area contributed by atoms with Crippen molar-refractivity contribution in [1.29, 1.82) is 0 Å². The van der Waals surface area contributed by atoms with Crippen LogP contribution in [0.5, 0.6) is 0 Å². The van der Waals surface area contributed by atoms with E-state index in [2.05, 4.69) is 15.1 Å². The van der Waals surface area contributed by atoms with Gasteiger partial charge in [0.15, 0.2) is 0 Å². The Morgan fingerprint density at radius 3 is 2.61 bits per heavy atom. The van der Waals surface area contributed by atoms with E-state index in [1.807, 2.05) is 18.5 Å². The van der Waals surface area contributed by atoms with E-state index in [0.717, 1.165) is 11.3 Å². The molecule has 0 saturated carbocycles. The van der Waals surface area contributed by atoms with Crippen LogP contribution in [0.15, 0.2) is 5.16 Å². The van der Waals surface area contributed by atoms with Crippen molar-refractivity contribution in [2.75, 3.05) is 12.8 Å². The maximum atomic E-state index is 12.1. The quantitative estimate of drug-likeness (QED) is 0.839. The second-order valence-electron chi connectivity index (χ2n) is 4.96. The first-order valence-corrected chi connectivity index (χ1v) is 8.04. The maximum Gasteiger partial charge on any atom is 0.405 e. The lowest BCUT2D eigenvalue weighted by atomic mass is 10.1. The molecule has 10 heteroatoms. The lowest BCUT2D eigenvalue weighted by Crippen LogP contribution is -2.33. The molecule has 0 spiro atoms. The molecule has 1 amide bonds. The van der Waals surface area contributed by atoms with Crippen LogP contribution >= 0.6 is 11.8 Å². The normalized spacial score (nSPS) is 11.9.